The van der Waals surface area contributed by atoms with Gasteiger partial charge in [-0.2, -0.15) is 13.2 Å². The number of aliphatic hydroxyl groups is 2. The maximum atomic E-state index is 12.8. The molecule has 0 unspecified atom stereocenters. The molecule has 1 saturated heterocycles. The summed E-state index contributed by atoms with van der Waals surface area (Å²) in [4.78, 5) is 0. The summed E-state index contributed by atoms with van der Waals surface area (Å²) in [6, 6.07) is 4.57. The van der Waals surface area contributed by atoms with Crippen molar-refractivity contribution in [2.24, 2.45) is 0 Å². The lowest BCUT2D eigenvalue weighted by molar-refractivity contribution is -0.356. The number of piperidine rings is 1. The van der Waals surface area contributed by atoms with Crippen molar-refractivity contribution < 1.29 is 23.4 Å². The number of benzene rings is 1. The van der Waals surface area contributed by atoms with Crippen LogP contribution in [0, 0.1) is 0 Å². The molecule has 0 spiro atoms. The van der Waals surface area contributed by atoms with Gasteiger partial charge in [-0.05, 0) is 37.1 Å². The molecule has 0 aliphatic carbocycles. The van der Waals surface area contributed by atoms with E-state index in [1.807, 2.05) is 0 Å². The Kier molecular flexibility index (Phi) is 5.00. The van der Waals surface area contributed by atoms with Crippen molar-refractivity contribution in [2.45, 2.75) is 36.6 Å². The predicted molar refractivity (Wildman–Crippen MR) is 78.1 cm³/mol. The molecule has 0 radical (unpaired) electrons. The van der Waals surface area contributed by atoms with E-state index >= 15 is 0 Å². The molecule has 22 heavy (non-hydrogen) atoms. The van der Waals surface area contributed by atoms with Crippen molar-refractivity contribution in [3.63, 3.8) is 0 Å². The maximum Gasteiger partial charge on any atom is 0.442 e. The molecule has 3 nitrogen and oxygen atoms in total. The summed E-state index contributed by atoms with van der Waals surface area (Å²) in [6.45, 7) is 0.864. The summed E-state index contributed by atoms with van der Waals surface area (Å²) >= 11 is 11.8. The zero-order valence-electron chi connectivity index (χ0n) is 11.6. The minimum atomic E-state index is -5.13. The highest BCUT2D eigenvalue weighted by molar-refractivity contribution is 6.42. The van der Waals surface area contributed by atoms with Crippen molar-refractivity contribution in [3.8, 4) is 0 Å². The van der Waals surface area contributed by atoms with Gasteiger partial charge in [-0.1, -0.05) is 29.3 Å². The Balaban J connectivity index is 2.42. The van der Waals surface area contributed by atoms with Crippen molar-refractivity contribution in [1.29, 1.82) is 0 Å². The van der Waals surface area contributed by atoms with Gasteiger partial charge >= 0.3 is 6.18 Å². The zero-order chi connectivity index (χ0) is 16.6. The molecule has 1 fully saturated rings. The topological polar surface area (TPSA) is 52.5 Å². The van der Waals surface area contributed by atoms with Crippen molar-refractivity contribution in [3.05, 3.63) is 33.8 Å². The Bertz CT molecular complexity index is 543. The zero-order valence-corrected chi connectivity index (χ0v) is 13.1. The lowest BCUT2D eigenvalue weighted by Gasteiger charge is -2.42. The number of rotatable bonds is 3. The Morgan fingerprint density at radius 3 is 2.36 bits per heavy atom. The molecule has 1 aromatic rings. The maximum absolute atomic E-state index is 12.8. The van der Waals surface area contributed by atoms with E-state index in [0.717, 1.165) is 0 Å². The van der Waals surface area contributed by atoms with Gasteiger partial charge in [0.2, 0.25) is 0 Å². The second-order valence-corrected chi connectivity index (χ2v) is 6.50. The van der Waals surface area contributed by atoms with E-state index in [1.54, 1.807) is 6.07 Å². The second kappa shape index (κ2) is 6.17. The Morgan fingerprint density at radius 1 is 1.18 bits per heavy atom. The summed E-state index contributed by atoms with van der Waals surface area (Å²) in [5, 5.41) is 22.5. The molecular weight excluding hydrogens is 342 g/mol. The first-order valence-electron chi connectivity index (χ1n) is 6.75. The molecule has 8 heteroatoms. The first-order valence-corrected chi connectivity index (χ1v) is 7.51. The summed E-state index contributed by atoms with van der Waals surface area (Å²) in [5.41, 5.74) is -0.572. The number of halogens is 5. The molecule has 0 aromatic heterocycles. The minimum absolute atomic E-state index is 0.198. The largest absolute Gasteiger partial charge is 0.442 e. The van der Waals surface area contributed by atoms with Gasteiger partial charge < -0.3 is 15.5 Å². The average Bonchev–Trinajstić information content (AvgIpc) is 2.41. The molecule has 1 atom stereocenters. The van der Waals surface area contributed by atoms with Crippen LogP contribution < -0.4 is 5.32 Å². The summed E-state index contributed by atoms with van der Waals surface area (Å²) < 4.78 is 38.5. The van der Waals surface area contributed by atoms with E-state index in [1.165, 1.54) is 12.1 Å². The van der Waals surface area contributed by atoms with Gasteiger partial charge in [0.15, 0.2) is 0 Å². The normalized spacial score (nSPS) is 23.6. The van der Waals surface area contributed by atoms with Crippen molar-refractivity contribution in [2.75, 3.05) is 13.1 Å². The van der Waals surface area contributed by atoms with Crippen LogP contribution in [0.3, 0.4) is 0 Å². The first-order chi connectivity index (χ1) is 10.1. The summed E-state index contributed by atoms with van der Waals surface area (Å²) in [7, 11) is 0. The van der Waals surface area contributed by atoms with Crippen LogP contribution in [0.15, 0.2) is 18.2 Å². The van der Waals surface area contributed by atoms with Gasteiger partial charge in [-0.3, -0.25) is 0 Å². The summed E-state index contributed by atoms with van der Waals surface area (Å²) in [5.74, 6) is -3.77. The van der Waals surface area contributed by atoms with Crippen molar-refractivity contribution >= 4 is 23.2 Å². The fourth-order valence-corrected chi connectivity index (χ4v) is 3.16. The van der Waals surface area contributed by atoms with Crippen LogP contribution in [0.1, 0.15) is 24.8 Å². The van der Waals surface area contributed by atoms with Crippen LogP contribution in [-0.4, -0.2) is 35.3 Å². The van der Waals surface area contributed by atoms with Gasteiger partial charge in [-0.25, -0.2) is 0 Å². The van der Waals surface area contributed by atoms with E-state index < -0.39 is 23.8 Å². The smallest absolute Gasteiger partial charge is 0.359 e. The Hall–Kier alpha value is -0.530. The van der Waals surface area contributed by atoms with Crippen LogP contribution in [-0.2, 0) is 5.41 Å². The summed E-state index contributed by atoms with van der Waals surface area (Å²) in [6.07, 6.45) is -4.99. The molecule has 1 aliphatic heterocycles. The van der Waals surface area contributed by atoms with Gasteiger partial charge in [0.05, 0.1) is 10.0 Å². The van der Waals surface area contributed by atoms with E-state index in [0.29, 0.717) is 30.0 Å². The van der Waals surface area contributed by atoms with E-state index in [9.17, 15) is 23.4 Å². The predicted octanol–water partition coefficient (Wildman–Crippen LogP) is 3.25. The highest BCUT2D eigenvalue weighted by atomic mass is 35.5. The fraction of sp³-hybridized carbons (Fsp3) is 0.571. The number of alkyl halides is 3. The Morgan fingerprint density at radius 2 is 1.86 bits per heavy atom. The molecule has 2 rings (SSSR count). The monoisotopic (exact) mass is 357 g/mol. The van der Waals surface area contributed by atoms with Gasteiger partial charge in [-0.15, -0.1) is 0 Å². The van der Waals surface area contributed by atoms with E-state index in [4.69, 9.17) is 23.2 Å². The van der Waals surface area contributed by atoms with E-state index in [2.05, 4.69) is 5.32 Å². The van der Waals surface area contributed by atoms with Gasteiger partial charge in [0.1, 0.15) is 0 Å². The first kappa shape index (κ1) is 17.8. The molecule has 1 heterocycles. The third kappa shape index (κ3) is 3.51. The third-order valence-electron chi connectivity index (χ3n) is 4.04. The highest BCUT2D eigenvalue weighted by Gasteiger charge is 2.57. The molecule has 124 valence electrons. The van der Waals surface area contributed by atoms with Gasteiger partial charge in [0, 0.05) is 18.4 Å². The lowest BCUT2D eigenvalue weighted by atomic mass is 9.70. The number of hydrogen-bond acceptors (Lipinski definition) is 3. The fourth-order valence-electron chi connectivity index (χ4n) is 2.87. The van der Waals surface area contributed by atoms with Crippen LogP contribution in [0.4, 0.5) is 13.2 Å². The molecule has 0 saturated carbocycles. The SMILES string of the molecule is OC(O)(C[C@]1(c2ccc(Cl)c(Cl)c2)CCCNC1)C(F)(F)F. The molecule has 0 amide bonds. The molecular formula is C14H16Cl2F3NO2. The third-order valence-corrected chi connectivity index (χ3v) is 4.78. The molecule has 3 N–H and O–H groups in total. The lowest BCUT2D eigenvalue weighted by Crippen LogP contribution is -2.54. The molecule has 1 aliphatic rings. The molecule has 0 bridgehead atoms. The molecule has 1 aromatic carbocycles. The van der Waals surface area contributed by atoms with Crippen LogP contribution >= 0.6 is 23.2 Å². The van der Waals surface area contributed by atoms with Crippen LogP contribution in [0.2, 0.25) is 10.0 Å². The van der Waals surface area contributed by atoms with Gasteiger partial charge in [0.25, 0.3) is 5.79 Å². The second-order valence-electron chi connectivity index (χ2n) is 5.68. The minimum Gasteiger partial charge on any atom is -0.359 e. The van der Waals surface area contributed by atoms with Crippen LogP contribution in [0.25, 0.3) is 0 Å². The standard InChI is InChI=1S/C14H16Cl2F3NO2/c15-10-3-2-9(6-11(10)16)12(4-1-5-20-8-12)7-13(21,22)14(17,18)19/h2-3,6,20-22H,1,4-5,7-8H2/t12-/m1/s1. The average molecular weight is 358 g/mol. The quantitative estimate of drug-likeness (QED) is 0.728. The number of hydrogen-bond donors (Lipinski definition) is 3. The Labute approximate surface area is 136 Å². The number of nitrogens with one attached hydrogen (secondary N) is 1. The van der Waals surface area contributed by atoms with Crippen LogP contribution in [0.5, 0.6) is 0 Å². The van der Waals surface area contributed by atoms with Crippen molar-refractivity contribution in [1.82, 2.24) is 5.32 Å². The highest BCUT2D eigenvalue weighted by Crippen LogP contribution is 2.44. The van der Waals surface area contributed by atoms with E-state index in [-0.39, 0.29) is 11.6 Å².